The van der Waals surface area contributed by atoms with Crippen LogP contribution in [0.25, 0.3) is 0 Å². The molecule has 1 aliphatic heterocycles. The molecule has 2 rings (SSSR count). The monoisotopic (exact) mass is 508 g/mol. The van der Waals surface area contributed by atoms with Crippen LogP contribution in [0.1, 0.15) is 6.23 Å². The summed E-state index contributed by atoms with van der Waals surface area (Å²) in [6.45, 7) is -0.951. The van der Waals surface area contributed by atoms with Crippen LogP contribution >= 0.6 is 23.1 Å². The standard InChI is InChI=1S/C10H16BN2O15P3/c1-24-4-2-13(10(17)12-8(4)16)9-7(15)6(14)5(26-9)3-25-29(11,18)27-31(22,23)28-30(19,20)21/h2,5-7,9,14-15H,3H2,1H3,(H,22,23)(H,12,16,17)(H2,19,20,21). The van der Waals surface area contributed by atoms with Crippen molar-refractivity contribution in [3.63, 3.8) is 0 Å². The second-order valence-electron chi connectivity index (χ2n) is 5.87. The molecule has 174 valence electrons. The van der Waals surface area contributed by atoms with Gasteiger partial charge < -0.3 is 38.9 Å². The number of rotatable bonds is 9. The molecule has 1 aliphatic rings. The quantitative estimate of drug-likeness (QED) is 0.151. The first kappa shape index (κ1) is 26.1. The van der Waals surface area contributed by atoms with Crippen LogP contribution in [-0.2, 0) is 31.6 Å². The van der Waals surface area contributed by atoms with Crippen LogP contribution in [0.15, 0.2) is 15.8 Å². The van der Waals surface area contributed by atoms with Crippen molar-refractivity contribution in [1.82, 2.24) is 9.55 Å². The zero-order valence-corrected chi connectivity index (χ0v) is 18.0. The highest BCUT2D eigenvalue weighted by Crippen LogP contribution is 2.66. The molecule has 6 unspecified atom stereocenters. The van der Waals surface area contributed by atoms with Gasteiger partial charge in [0.1, 0.15) is 18.3 Å². The van der Waals surface area contributed by atoms with Crippen LogP contribution in [0, 0.1) is 0 Å². The van der Waals surface area contributed by atoms with Crippen molar-refractivity contribution in [2.75, 3.05) is 13.7 Å². The minimum Gasteiger partial charge on any atom is -0.490 e. The fourth-order valence-electron chi connectivity index (χ4n) is 2.39. The molecule has 31 heavy (non-hydrogen) atoms. The van der Waals surface area contributed by atoms with Gasteiger partial charge >= 0.3 is 21.3 Å². The molecule has 6 N–H and O–H groups in total. The summed E-state index contributed by atoms with van der Waals surface area (Å²) in [7, 11) is -9.99. The Bertz CT molecular complexity index is 1070. The smallest absolute Gasteiger partial charge is 0.487 e. The molecule has 2 heterocycles. The SMILES string of the molecule is [B]P(=O)(OCC1OC(n2cc(OC)c(=O)[nH]c2=O)C(O)C1O)OP(=O)(O)OP(=O)(O)O. The van der Waals surface area contributed by atoms with Crippen molar-refractivity contribution in [3.8, 4) is 5.75 Å². The lowest BCUT2D eigenvalue weighted by molar-refractivity contribution is -0.0522. The van der Waals surface area contributed by atoms with Crippen molar-refractivity contribution in [2.24, 2.45) is 0 Å². The number of aromatic amines is 1. The summed E-state index contributed by atoms with van der Waals surface area (Å²) in [6, 6.07) is 0. The Hall–Kier alpha value is -1.13. The number of H-pyrrole nitrogens is 1. The van der Waals surface area contributed by atoms with Crippen molar-refractivity contribution >= 4 is 30.7 Å². The van der Waals surface area contributed by atoms with Crippen LogP contribution in [-0.4, -0.2) is 74.0 Å². The number of nitrogens with one attached hydrogen (secondary N) is 1. The molecule has 0 saturated carbocycles. The number of aromatic nitrogens is 2. The van der Waals surface area contributed by atoms with Gasteiger partial charge in [0.05, 0.1) is 19.9 Å². The molecule has 0 spiro atoms. The van der Waals surface area contributed by atoms with Crippen molar-refractivity contribution < 1.29 is 61.2 Å². The molecule has 0 aliphatic carbocycles. The third-order valence-electron chi connectivity index (χ3n) is 3.61. The first-order valence-corrected chi connectivity index (χ1v) is 12.4. The molecule has 1 aromatic heterocycles. The second-order valence-corrected chi connectivity index (χ2v) is 10.4. The highest BCUT2D eigenvalue weighted by Gasteiger charge is 2.46. The average Bonchev–Trinajstić information content (AvgIpc) is 2.85. The maximum absolute atomic E-state index is 12.0. The van der Waals surface area contributed by atoms with Crippen LogP contribution in [0.3, 0.4) is 0 Å². The zero-order valence-electron chi connectivity index (χ0n) is 15.3. The summed E-state index contributed by atoms with van der Waals surface area (Å²) in [6.07, 6.45) is -5.78. The van der Waals surface area contributed by atoms with Gasteiger partial charge in [-0.2, -0.15) is 4.31 Å². The Kier molecular flexibility index (Phi) is 7.92. The number of methoxy groups -OCH3 is 1. The van der Waals surface area contributed by atoms with Crippen LogP contribution in [0.5, 0.6) is 5.75 Å². The van der Waals surface area contributed by atoms with E-state index in [1.807, 2.05) is 4.98 Å². The highest BCUT2D eigenvalue weighted by molar-refractivity contribution is 7.84. The molecule has 0 amide bonds. The predicted octanol–water partition coefficient (Wildman–Crippen LogP) is -2.32. The van der Waals surface area contributed by atoms with Gasteiger partial charge in [0.2, 0.25) is 13.3 Å². The molecule has 1 aromatic rings. The third kappa shape index (κ3) is 6.93. The van der Waals surface area contributed by atoms with E-state index < -0.39 is 65.5 Å². The van der Waals surface area contributed by atoms with E-state index in [0.29, 0.717) is 4.57 Å². The van der Waals surface area contributed by atoms with Gasteiger partial charge in [-0.05, 0) is 0 Å². The Morgan fingerprint density at radius 1 is 1.16 bits per heavy atom. The van der Waals surface area contributed by atoms with E-state index in [4.69, 9.17) is 31.7 Å². The molecular formula is C10H16BN2O15P3. The Balaban J connectivity index is 2.12. The fourth-order valence-corrected chi connectivity index (χ4v) is 5.55. The minimum atomic E-state index is -5.63. The molecule has 1 fully saturated rings. The number of phosphoric acid groups is 2. The van der Waals surface area contributed by atoms with Crippen LogP contribution < -0.4 is 16.0 Å². The lowest BCUT2D eigenvalue weighted by Crippen LogP contribution is -2.38. The lowest BCUT2D eigenvalue weighted by Gasteiger charge is -2.21. The van der Waals surface area contributed by atoms with Gasteiger partial charge in [0.15, 0.2) is 6.23 Å². The topological polar surface area (TPSA) is 253 Å². The van der Waals surface area contributed by atoms with E-state index in [1.165, 1.54) is 0 Å². The van der Waals surface area contributed by atoms with E-state index in [9.17, 15) is 33.5 Å². The van der Waals surface area contributed by atoms with Gasteiger partial charge in [-0.1, -0.05) is 0 Å². The molecule has 2 radical (unpaired) electrons. The number of ether oxygens (including phenoxy) is 2. The largest absolute Gasteiger partial charge is 0.490 e. The highest BCUT2D eigenvalue weighted by atomic mass is 31.3. The summed E-state index contributed by atoms with van der Waals surface area (Å²) in [4.78, 5) is 51.5. The Morgan fingerprint density at radius 2 is 1.77 bits per heavy atom. The number of aliphatic hydroxyl groups excluding tert-OH is 2. The van der Waals surface area contributed by atoms with E-state index in [2.05, 4.69) is 13.1 Å². The van der Waals surface area contributed by atoms with Crippen molar-refractivity contribution in [3.05, 3.63) is 27.0 Å². The predicted molar refractivity (Wildman–Crippen MR) is 97.2 cm³/mol. The maximum Gasteiger partial charge on any atom is 0.487 e. The maximum atomic E-state index is 12.0. The van der Waals surface area contributed by atoms with Crippen LogP contribution in [0.2, 0.25) is 0 Å². The zero-order chi connectivity index (χ0) is 23.8. The van der Waals surface area contributed by atoms with Gasteiger partial charge in [0.25, 0.3) is 13.0 Å². The average molecular weight is 508 g/mol. The van der Waals surface area contributed by atoms with E-state index >= 15 is 0 Å². The molecule has 0 aromatic carbocycles. The van der Waals surface area contributed by atoms with Crippen molar-refractivity contribution in [2.45, 2.75) is 24.5 Å². The number of nitrogens with zero attached hydrogens (tertiary/aromatic N) is 1. The number of hydrogen-bond acceptors (Lipinski definition) is 12. The van der Waals surface area contributed by atoms with Gasteiger partial charge in [0, 0.05) is 0 Å². The Morgan fingerprint density at radius 3 is 2.32 bits per heavy atom. The Labute approximate surface area is 173 Å². The molecule has 0 bridgehead atoms. The fraction of sp³-hybridized carbons (Fsp3) is 0.600. The summed E-state index contributed by atoms with van der Waals surface area (Å²) < 4.78 is 56.5. The second kappa shape index (κ2) is 9.39. The summed E-state index contributed by atoms with van der Waals surface area (Å²) in [5.41, 5.74) is -1.91. The van der Waals surface area contributed by atoms with Gasteiger partial charge in [-0.15, -0.1) is 0 Å². The third-order valence-corrected chi connectivity index (χ3v) is 7.53. The first-order chi connectivity index (χ1) is 14.1. The lowest BCUT2D eigenvalue weighted by atomic mass is 10.1. The molecule has 1 saturated heterocycles. The van der Waals surface area contributed by atoms with Crippen molar-refractivity contribution in [1.29, 1.82) is 0 Å². The normalized spacial score (nSPS) is 28.1. The molecular weight excluding hydrogens is 492 g/mol. The van der Waals surface area contributed by atoms with E-state index in [0.717, 1.165) is 13.3 Å². The van der Waals surface area contributed by atoms with Gasteiger partial charge in [-0.25, -0.2) is 18.2 Å². The number of hydrogen-bond donors (Lipinski definition) is 6. The van der Waals surface area contributed by atoms with Crippen LogP contribution in [0.4, 0.5) is 0 Å². The summed E-state index contributed by atoms with van der Waals surface area (Å²) in [5.74, 6) is -0.326. The van der Waals surface area contributed by atoms with Gasteiger partial charge in [-0.3, -0.25) is 18.9 Å². The summed E-state index contributed by atoms with van der Waals surface area (Å²) >= 11 is 0. The molecule has 17 nitrogen and oxygen atoms in total. The first-order valence-electron chi connectivity index (χ1n) is 7.80. The summed E-state index contributed by atoms with van der Waals surface area (Å²) in [5, 5.41) is 20.2. The number of aliphatic hydroxyl groups is 2. The minimum absolute atomic E-state index is 0.326. The van der Waals surface area contributed by atoms with E-state index in [-0.39, 0.29) is 5.75 Å². The van der Waals surface area contributed by atoms with E-state index in [1.54, 1.807) is 0 Å². The molecule has 6 atom stereocenters. The molecule has 21 heteroatoms.